The van der Waals surface area contributed by atoms with Gasteiger partial charge in [-0.1, -0.05) is 18.2 Å². The van der Waals surface area contributed by atoms with Crippen molar-refractivity contribution in [2.45, 2.75) is 19.4 Å². The van der Waals surface area contributed by atoms with Crippen LogP contribution in [0.5, 0.6) is 5.75 Å². The predicted octanol–water partition coefficient (Wildman–Crippen LogP) is 0.978. The fourth-order valence-electron chi connectivity index (χ4n) is 4.19. The molecule has 1 aromatic carbocycles. The molecule has 3 aliphatic heterocycles. The van der Waals surface area contributed by atoms with Crippen molar-refractivity contribution in [2.24, 2.45) is 5.92 Å². The van der Waals surface area contributed by atoms with E-state index in [0.717, 1.165) is 44.2 Å². The molecular formula is C21H29N3O4. The van der Waals surface area contributed by atoms with E-state index in [0.29, 0.717) is 45.6 Å². The SMILES string of the molecule is O=C1CC[C@@H](C(=O)N2CCOc3ccccc3C2)CN1CCN1CCOCC1. The number of carbonyl (C=O) groups is 2. The number of fused-ring (bicyclic) bond motifs is 1. The van der Waals surface area contributed by atoms with Gasteiger partial charge in [0.05, 0.1) is 25.7 Å². The standard InChI is InChI=1S/C21H29N3O4/c25-20-6-5-18(16-23(20)8-7-22-9-12-27-13-10-22)21(26)24-11-14-28-19-4-2-1-3-17(19)15-24/h1-4,18H,5-16H2/t18-/m1/s1. The minimum absolute atomic E-state index is 0.118. The fraction of sp³-hybridized carbons (Fsp3) is 0.619. The lowest BCUT2D eigenvalue weighted by Crippen LogP contribution is -2.50. The summed E-state index contributed by atoms with van der Waals surface area (Å²) >= 11 is 0. The van der Waals surface area contributed by atoms with E-state index >= 15 is 0 Å². The van der Waals surface area contributed by atoms with Crippen LogP contribution in [0.2, 0.25) is 0 Å². The first kappa shape index (κ1) is 19.2. The Morgan fingerprint density at radius 2 is 1.89 bits per heavy atom. The molecule has 2 fully saturated rings. The van der Waals surface area contributed by atoms with Crippen LogP contribution in [0.4, 0.5) is 0 Å². The second-order valence-corrected chi connectivity index (χ2v) is 7.75. The highest BCUT2D eigenvalue weighted by atomic mass is 16.5. The number of para-hydroxylation sites is 1. The van der Waals surface area contributed by atoms with Crippen molar-refractivity contribution in [3.05, 3.63) is 29.8 Å². The van der Waals surface area contributed by atoms with E-state index in [1.165, 1.54) is 0 Å². The van der Waals surface area contributed by atoms with Gasteiger partial charge in [0, 0.05) is 51.3 Å². The Morgan fingerprint density at radius 3 is 2.75 bits per heavy atom. The molecule has 7 nitrogen and oxygen atoms in total. The molecule has 0 bridgehead atoms. The van der Waals surface area contributed by atoms with Gasteiger partial charge in [0.2, 0.25) is 11.8 Å². The molecule has 0 spiro atoms. The first-order chi connectivity index (χ1) is 13.7. The zero-order valence-electron chi connectivity index (χ0n) is 16.3. The molecule has 4 rings (SSSR count). The second kappa shape index (κ2) is 8.92. The van der Waals surface area contributed by atoms with Crippen LogP contribution in [0.1, 0.15) is 18.4 Å². The van der Waals surface area contributed by atoms with E-state index in [4.69, 9.17) is 9.47 Å². The molecule has 0 aliphatic carbocycles. The summed E-state index contributed by atoms with van der Waals surface area (Å²) in [5.74, 6) is 1.06. The molecule has 0 N–H and O–H groups in total. The minimum atomic E-state index is -0.118. The molecule has 0 aromatic heterocycles. The quantitative estimate of drug-likeness (QED) is 0.771. The highest BCUT2D eigenvalue weighted by Gasteiger charge is 2.33. The van der Waals surface area contributed by atoms with Crippen LogP contribution in [0, 0.1) is 5.92 Å². The molecule has 3 heterocycles. The summed E-state index contributed by atoms with van der Waals surface area (Å²) in [6.07, 6.45) is 1.10. The Kier molecular flexibility index (Phi) is 6.12. The number of hydrogen-bond acceptors (Lipinski definition) is 5. The smallest absolute Gasteiger partial charge is 0.227 e. The summed E-state index contributed by atoms with van der Waals surface area (Å²) in [5, 5.41) is 0. The molecule has 1 aromatic rings. The number of benzene rings is 1. The average Bonchev–Trinajstić information content (AvgIpc) is 2.96. The van der Waals surface area contributed by atoms with Crippen molar-refractivity contribution >= 4 is 11.8 Å². The molecule has 2 amide bonds. The van der Waals surface area contributed by atoms with Crippen molar-refractivity contribution in [3.8, 4) is 5.75 Å². The summed E-state index contributed by atoms with van der Waals surface area (Å²) in [6, 6.07) is 7.90. The minimum Gasteiger partial charge on any atom is -0.491 e. The summed E-state index contributed by atoms with van der Waals surface area (Å²) in [6.45, 7) is 7.08. The van der Waals surface area contributed by atoms with Crippen molar-refractivity contribution in [1.29, 1.82) is 0 Å². The van der Waals surface area contributed by atoms with Crippen molar-refractivity contribution in [3.63, 3.8) is 0 Å². The molecule has 0 unspecified atom stereocenters. The van der Waals surface area contributed by atoms with Crippen LogP contribution >= 0.6 is 0 Å². The maximum Gasteiger partial charge on any atom is 0.227 e. The third-order valence-electron chi connectivity index (χ3n) is 5.90. The highest BCUT2D eigenvalue weighted by Crippen LogP contribution is 2.26. The maximum absolute atomic E-state index is 13.2. The van der Waals surface area contributed by atoms with Crippen LogP contribution in [-0.4, -0.2) is 85.6 Å². The molecule has 152 valence electrons. The Labute approximate surface area is 166 Å². The zero-order valence-corrected chi connectivity index (χ0v) is 16.3. The van der Waals surface area contributed by atoms with Crippen LogP contribution in [-0.2, 0) is 20.9 Å². The van der Waals surface area contributed by atoms with Gasteiger partial charge in [0.25, 0.3) is 0 Å². The highest BCUT2D eigenvalue weighted by molar-refractivity contribution is 5.84. The van der Waals surface area contributed by atoms with Gasteiger partial charge in [-0.3, -0.25) is 14.5 Å². The summed E-state index contributed by atoms with van der Waals surface area (Å²) in [7, 11) is 0. The molecule has 0 radical (unpaired) electrons. The van der Waals surface area contributed by atoms with Gasteiger partial charge in [-0.2, -0.15) is 0 Å². The lowest BCUT2D eigenvalue weighted by Gasteiger charge is -2.36. The molecule has 3 aliphatic rings. The summed E-state index contributed by atoms with van der Waals surface area (Å²) in [5.41, 5.74) is 1.05. The number of amides is 2. The second-order valence-electron chi connectivity index (χ2n) is 7.75. The van der Waals surface area contributed by atoms with E-state index in [9.17, 15) is 9.59 Å². The number of piperidine rings is 1. The lowest BCUT2D eigenvalue weighted by atomic mass is 9.95. The van der Waals surface area contributed by atoms with E-state index < -0.39 is 0 Å². The third-order valence-corrected chi connectivity index (χ3v) is 5.90. The van der Waals surface area contributed by atoms with Gasteiger partial charge in [-0.15, -0.1) is 0 Å². The fourth-order valence-corrected chi connectivity index (χ4v) is 4.19. The van der Waals surface area contributed by atoms with Crippen LogP contribution in [0.3, 0.4) is 0 Å². The zero-order chi connectivity index (χ0) is 19.3. The molecular weight excluding hydrogens is 358 g/mol. The first-order valence-electron chi connectivity index (χ1n) is 10.3. The molecule has 2 saturated heterocycles. The van der Waals surface area contributed by atoms with Crippen molar-refractivity contribution < 1.29 is 19.1 Å². The monoisotopic (exact) mass is 387 g/mol. The van der Waals surface area contributed by atoms with Gasteiger partial charge in [0.1, 0.15) is 12.4 Å². The van der Waals surface area contributed by atoms with Gasteiger partial charge < -0.3 is 19.3 Å². The number of rotatable bonds is 4. The number of morpholine rings is 1. The van der Waals surface area contributed by atoms with Gasteiger partial charge in [0.15, 0.2) is 0 Å². The molecule has 7 heteroatoms. The van der Waals surface area contributed by atoms with E-state index in [1.54, 1.807) is 0 Å². The number of ether oxygens (including phenoxy) is 2. The Balaban J connectivity index is 1.35. The molecule has 28 heavy (non-hydrogen) atoms. The Hall–Kier alpha value is -2.12. The molecule has 1 atom stereocenters. The van der Waals surface area contributed by atoms with E-state index in [1.807, 2.05) is 34.1 Å². The van der Waals surface area contributed by atoms with E-state index in [-0.39, 0.29) is 17.7 Å². The van der Waals surface area contributed by atoms with E-state index in [2.05, 4.69) is 4.90 Å². The predicted molar refractivity (Wildman–Crippen MR) is 104 cm³/mol. The van der Waals surface area contributed by atoms with Crippen LogP contribution in [0.25, 0.3) is 0 Å². The Bertz CT molecular complexity index is 705. The number of carbonyl (C=O) groups excluding carboxylic acids is 2. The van der Waals surface area contributed by atoms with Gasteiger partial charge in [-0.05, 0) is 12.5 Å². The largest absolute Gasteiger partial charge is 0.491 e. The summed E-state index contributed by atoms with van der Waals surface area (Å²) in [4.78, 5) is 31.6. The maximum atomic E-state index is 13.2. The summed E-state index contributed by atoms with van der Waals surface area (Å²) < 4.78 is 11.2. The topological polar surface area (TPSA) is 62.3 Å². The van der Waals surface area contributed by atoms with Gasteiger partial charge >= 0.3 is 0 Å². The van der Waals surface area contributed by atoms with Crippen molar-refractivity contribution in [2.75, 3.05) is 59.1 Å². The normalized spacial score (nSPS) is 23.7. The Morgan fingerprint density at radius 1 is 1.07 bits per heavy atom. The van der Waals surface area contributed by atoms with Gasteiger partial charge in [-0.25, -0.2) is 0 Å². The lowest BCUT2D eigenvalue weighted by molar-refractivity contribution is -0.143. The number of hydrogen-bond donors (Lipinski definition) is 0. The first-order valence-corrected chi connectivity index (χ1v) is 10.3. The van der Waals surface area contributed by atoms with Crippen LogP contribution < -0.4 is 4.74 Å². The van der Waals surface area contributed by atoms with Crippen molar-refractivity contribution in [1.82, 2.24) is 14.7 Å². The third kappa shape index (κ3) is 4.47. The molecule has 0 saturated carbocycles. The number of likely N-dealkylation sites (tertiary alicyclic amines) is 1. The number of nitrogens with zero attached hydrogens (tertiary/aromatic N) is 3. The average molecular weight is 387 g/mol. The van der Waals surface area contributed by atoms with Crippen LogP contribution in [0.15, 0.2) is 24.3 Å².